The van der Waals surface area contributed by atoms with E-state index in [4.69, 9.17) is 10.5 Å². The van der Waals surface area contributed by atoms with Gasteiger partial charge in [0, 0.05) is 23.7 Å². The summed E-state index contributed by atoms with van der Waals surface area (Å²) in [6.07, 6.45) is 0. The van der Waals surface area contributed by atoms with Gasteiger partial charge in [-0.05, 0) is 29.8 Å². The molecule has 0 bridgehead atoms. The Hall–Kier alpha value is -1.85. The van der Waals surface area contributed by atoms with Gasteiger partial charge in [0.05, 0.1) is 18.1 Å². The Morgan fingerprint density at radius 3 is 2.70 bits per heavy atom. The first kappa shape index (κ1) is 13.1. The fraction of sp³-hybridized carbons (Fsp3) is 0.267. The van der Waals surface area contributed by atoms with E-state index in [9.17, 15) is 4.79 Å². The maximum atomic E-state index is 11.2. The number of nitrogens with two attached hydrogens (primary N) is 1. The first-order chi connectivity index (χ1) is 9.74. The lowest BCUT2D eigenvalue weighted by atomic mass is 10.1. The van der Waals surface area contributed by atoms with Crippen LogP contribution in [0.3, 0.4) is 0 Å². The molecule has 2 aromatic rings. The molecule has 2 N–H and O–H groups in total. The van der Waals surface area contributed by atoms with Gasteiger partial charge in [-0.15, -0.1) is 11.3 Å². The Labute approximate surface area is 121 Å². The van der Waals surface area contributed by atoms with Crippen LogP contribution in [-0.4, -0.2) is 32.2 Å². The molecule has 0 atom stereocenters. The summed E-state index contributed by atoms with van der Waals surface area (Å²) in [4.78, 5) is 15.1. The molecule has 20 heavy (non-hydrogen) atoms. The summed E-state index contributed by atoms with van der Waals surface area (Å²) in [6, 6.07) is 12.1. The third-order valence-corrected chi connectivity index (χ3v) is 4.50. The summed E-state index contributed by atoms with van der Waals surface area (Å²) in [5.74, 6) is -0.370. The lowest BCUT2D eigenvalue weighted by molar-refractivity contribution is 0.100. The summed E-state index contributed by atoms with van der Waals surface area (Å²) >= 11 is 1.43. The first-order valence-corrected chi connectivity index (χ1v) is 7.38. The number of nitrogens with zero attached hydrogens (tertiary/aromatic N) is 1. The number of benzene rings is 1. The number of rotatable bonds is 3. The van der Waals surface area contributed by atoms with Gasteiger partial charge in [0.15, 0.2) is 0 Å². The quantitative estimate of drug-likeness (QED) is 0.943. The molecule has 0 aliphatic carbocycles. The Balaban J connectivity index is 1.87. The molecule has 5 heteroatoms. The second-order valence-electron chi connectivity index (χ2n) is 4.68. The van der Waals surface area contributed by atoms with Crippen molar-refractivity contribution in [1.29, 1.82) is 0 Å². The number of carbonyl (C=O) groups is 1. The van der Waals surface area contributed by atoms with Crippen molar-refractivity contribution in [2.24, 2.45) is 5.73 Å². The van der Waals surface area contributed by atoms with Crippen molar-refractivity contribution in [3.8, 4) is 10.4 Å². The van der Waals surface area contributed by atoms with Gasteiger partial charge in [-0.25, -0.2) is 0 Å². The summed E-state index contributed by atoms with van der Waals surface area (Å²) in [5.41, 5.74) is 7.61. The third-order valence-electron chi connectivity index (χ3n) is 3.36. The summed E-state index contributed by atoms with van der Waals surface area (Å²) < 4.78 is 5.37. The molecule has 104 valence electrons. The highest BCUT2D eigenvalue weighted by atomic mass is 32.1. The maximum Gasteiger partial charge on any atom is 0.258 e. The molecule has 2 heterocycles. The number of morpholine rings is 1. The Kier molecular flexibility index (Phi) is 3.71. The van der Waals surface area contributed by atoms with Crippen molar-refractivity contribution < 1.29 is 9.53 Å². The van der Waals surface area contributed by atoms with Crippen molar-refractivity contribution in [3.63, 3.8) is 0 Å². The minimum absolute atomic E-state index is 0.370. The Bertz CT molecular complexity index is 618. The van der Waals surface area contributed by atoms with Crippen LogP contribution < -0.4 is 10.6 Å². The molecule has 1 aliphatic heterocycles. The van der Waals surface area contributed by atoms with E-state index in [1.54, 1.807) is 6.07 Å². The average molecular weight is 288 g/mol. The van der Waals surface area contributed by atoms with Gasteiger partial charge in [-0.1, -0.05) is 12.1 Å². The van der Waals surface area contributed by atoms with Crippen molar-refractivity contribution in [2.75, 3.05) is 31.2 Å². The average Bonchev–Trinajstić information content (AvgIpc) is 2.98. The lowest BCUT2D eigenvalue weighted by Crippen LogP contribution is -2.36. The number of thiophene rings is 1. The number of hydrogen-bond donors (Lipinski definition) is 1. The Morgan fingerprint density at radius 1 is 1.20 bits per heavy atom. The fourth-order valence-corrected chi connectivity index (χ4v) is 3.16. The van der Waals surface area contributed by atoms with E-state index < -0.39 is 0 Å². The van der Waals surface area contributed by atoms with E-state index >= 15 is 0 Å². The van der Waals surface area contributed by atoms with Crippen molar-refractivity contribution in [3.05, 3.63) is 41.3 Å². The second-order valence-corrected chi connectivity index (χ2v) is 5.76. The molecule has 4 nitrogen and oxygen atoms in total. The van der Waals surface area contributed by atoms with E-state index in [1.807, 2.05) is 12.1 Å². The summed E-state index contributed by atoms with van der Waals surface area (Å²) in [6.45, 7) is 3.38. The standard InChI is InChI=1S/C15H16N2O2S/c16-15(18)14-5-4-13(20-14)11-2-1-3-12(10-11)17-6-8-19-9-7-17/h1-5,10H,6-9H2,(H2,16,18). The molecule has 3 rings (SSSR count). The van der Waals surface area contributed by atoms with Gasteiger partial charge in [0.2, 0.25) is 0 Å². The number of amides is 1. The topological polar surface area (TPSA) is 55.6 Å². The summed E-state index contributed by atoms with van der Waals surface area (Å²) in [5, 5.41) is 0. The number of ether oxygens (including phenoxy) is 1. The fourth-order valence-electron chi connectivity index (χ4n) is 2.30. The minimum Gasteiger partial charge on any atom is -0.378 e. The van der Waals surface area contributed by atoms with Crippen molar-refractivity contribution >= 4 is 22.9 Å². The van der Waals surface area contributed by atoms with E-state index in [0.29, 0.717) is 4.88 Å². The first-order valence-electron chi connectivity index (χ1n) is 6.57. The predicted octanol–water partition coefficient (Wildman–Crippen LogP) is 2.35. The predicted molar refractivity (Wildman–Crippen MR) is 81.3 cm³/mol. The van der Waals surface area contributed by atoms with Crippen LogP contribution in [0.25, 0.3) is 10.4 Å². The smallest absolute Gasteiger partial charge is 0.258 e. The molecule has 1 amide bonds. The van der Waals surface area contributed by atoms with Crippen LogP contribution in [0.15, 0.2) is 36.4 Å². The van der Waals surface area contributed by atoms with E-state index in [0.717, 1.165) is 36.7 Å². The Morgan fingerprint density at radius 2 is 2.00 bits per heavy atom. The highest BCUT2D eigenvalue weighted by molar-refractivity contribution is 7.17. The number of carbonyl (C=O) groups excluding carboxylic acids is 1. The van der Waals surface area contributed by atoms with Gasteiger partial charge < -0.3 is 15.4 Å². The molecule has 0 unspecified atom stereocenters. The number of anilines is 1. The zero-order valence-electron chi connectivity index (χ0n) is 11.0. The molecule has 0 radical (unpaired) electrons. The van der Waals surface area contributed by atoms with Crippen molar-refractivity contribution in [1.82, 2.24) is 0 Å². The molecule has 0 saturated carbocycles. The van der Waals surface area contributed by atoms with Crippen LogP contribution in [0.1, 0.15) is 9.67 Å². The van der Waals surface area contributed by atoms with Crippen LogP contribution in [0, 0.1) is 0 Å². The molecule has 1 saturated heterocycles. The normalized spacial score (nSPS) is 15.3. The highest BCUT2D eigenvalue weighted by Crippen LogP contribution is 2.30. The van der Waals surface area contributed by atoms with Crippen LogP contribution in [0.4, 0.5) is 5.69 Å². The molecule has 1 aliphatic rings. The third kappa shape index (κ3) is 2.69. The molecule has 1 aromatic heterocycles. The van der Waals surface area contributed by atoms with Gasteiger partial charge in [-0.3, -0.25) is 4.79 Å². The largest absolute Gasteiger partial charge is 0.378 e. The van der Waals surface area contributed by atoms with Gasteiger partial charge in [0.1, 0.15) is 0 Å². The van der Waals surface area contributed by atoms with Crippen LogP contribution in [-0.2, 0) is 4.74 Å². The van der Waals surface area contributed by atoms with Gasteiger partial charge >= 0.3 is 0 Å². The molecular formula is C15H16N2O2S. The molecule has 1 aromatic carbocycles. The second kappa shape index (κ2) is 5.64. The SMILES string of the molecule is NC(=O)c1ccc(-c2cccc(N3CCOCC3)c2)s1. The zero-order valence-corrected chi connectivity index (χ0v) is 11.9. The van der Waals surface area contributed by atoms with Crippen LogP contribution in [0.2, 0.25) is 0 Å². The number of hydrogen-bond acceptors (Lipinski definition) is 4. The van der Waals surface area contributed by atoms with Crippen LogP contribution in [0.5, 0.6) is 0 Å². The van der Waals surface area contributed by atoms with E-state index in [2.05, 4.69) is 23.1 Å². The van der Waals surface area contributed by atoms with Crippen LogP contribution >= 0.6 is 11.3 Å². The minimum atomic E-state index is -0.370. The zero-order chi connectivity index (χ0) is 13.9. The molecule has 0 spiro atoms. The highest BCUT2D eigenvalue weighted by Gasteiger charge is 2.12. The van der Waals surface area contributed by atoms with E-state index in [1.165, 1.54) is 17.0 Å². The van der Waals surface area contributed by atoms with Gasteiger partial charge in [0.25, 0.3) is 5.91 Å². The molecule has 1 fully saturated rings. The maximum absolute atomic E-state index is 11.2. The summed E-state index contributed by atoms with van der Waals surface area (Å²) in [7, 11) is 0. The monoisotopic (exact) mass is 288 g/mol. The number of primary amides is 1. The van der Waals surface area contributed by atoms with Gasteiger partial charge in [-0.2, -0.15) is 0 Å². The van der Waals surface area contributed by atoms with E-state index in [-0.39, 0.29) is 5.91 Å². The van der Waals surface area contributed by atoms with Crippen molar-refractivity contribution in [2.45, 2.75) is 0 Å². The molecular weight excluding hydrogens is 272 g/mol. The lowest BCUT2D eigenvalue weighted by Gasteiger charge is -2.29.